The van der Waals surface area contributed by atoms with Crippen molar-refractivity contribution >= 4 is 39.2 Å². The number of esters is 1. The van der Waals surface area contributed by atoms with Crippen LogP contribution in [0.2, 0.25) is 10.0 Å². The summed E-state index contributed by atoms with van der Waals surface area (Å²) in [5.41, 5.74) is 0.928. The van der Waals surface area contributed by atoms with Crippen molar-refractivity contribution in [2.75, 3.05) is 7.11 Å². The Kier molecular flexibility index (Phi) is 5.87. The number of nitrogens with one attached hydrogen (secondary N) is 1. The van der Waals surface area contributed by atoms with Gasteiger partial charge < -0.3 is 4.74 Å². The first-order chi connectivity index (χ1) is 11.2. The summed E-state index contributed by atoms with van der Waals surface area (Å²) in [5, 5.41) is 0.504. The second kappa shape index (κ2) is 7.53. The third-order valence-electron chi connectivity index (χ3n) is 3.34. The molecule has 5 nitrogen and oxygen atoms in total. The van der Waals surface area contributed by atoms with Crippen molar-refractivity contribution in [2.45, 2.75) is 17.9 Å². The summed E-state index contributed by atoms with van der Waals surface area (Å²) in [7, 11) is -2.63. The Hall–Kier alpha value is -1.60. The van der Waals surface area contributed by atoms with Gasteiger partial charge in [-0.05, 0) is 42.8 Å². The van der Waals surface area contributed by atoms with E-state index in [-0.39, 0.29) is 15.5 Å². The fourth-order valence-corrected chi connectivity index (χ4v) is 3.98. The fourth-order valence-electron chi connectivity index (χ4n) is 2.08. The lowest BCUT2D eigenvalue weighted by molar-refractivity contribution is 0.0600. The van der Waals surface area contributed by atoms with Gasteiger partial charge in [0.15, 0.2) is 0 Å². The van der Waals surface area contributed by atoms with Gasteiger partial charge in [-0.15, -0.1) is 0 Å². The Morgan fingerprint density at radius 3 is 2.29 bits per heavy atom. The van der Waals surface area contributed by atoms with Crippen LogP contribution in [0.3, 0.4) is 0 Å². The molecule has 0 amide bonds. The molecular weight excluding hydrogens is 373 g/mol. The molecule has 0 saturated carbocycles. The molecule has 1 N–H and O–H groups in total. The van der Waals surface area contributed by atoms with Crippen LogP contribution in [-0.4, -0.2) is 21.5 Å². The number of hydrogen-bond donors (Lipinski definition) is 1. The average Bonchev–Trinajstić information content (AvgIpc) is 2.53. The van der Waals surface area contributed by atoms with Gasteiger partial charge in [0.25, 0.3) is 0 Å². The van der Waals surface area contributed by atoms with Gasteiger partial charge in [-0.3, -0.25) is 0 Å². The molecule has 8 heteroatoms. The number of carbonyl (C=O) groups excluding carboxylic acids is 1. The van der Waals surface area contributed by atoms with E-state index in [2.05, 4.69) is 9.46 Å². The quantitative estimate of drug-likeness (QED) is 0.791. The molecule has 2 aromatic carbocycles. The smallest absolute Gasteiger partial charge is 0.337 e. The molecule has 0 aliphatic rings. The molecule has 0 bridgehead atoms. The largest absolute Gasteiger partial charge is 0.465 e. The Bertz CT molecular complexity index is 851. The van der Waals surface area contributed by atoms with Gasteiger partial charge >= 0.3 is 5.97 Å². The molecule has 0 aliphatic carbocycles. The summed E-state index contributed by atoms with van der Waals surface area (Å²) in [5.74, 6) is -0.594. The van der Waals surface area contributed by atoms with Crippen LogP contribution in [0, 0.1) is 0 Å². The topological polar surface area (TPSA) is 72.5 Å². The summed E-state index contributed by atoms with van der Waals surface area (Å²) in [4.78, 5) is 11.3. The SMILES string of the molecule is COC(=O)c1ccc(S(=O)(=O)NC(C)c2ccc(Cl)cc2)c(Cl)c1. The Morgan fingerprint density at radius 2 is 1.75 bits per heavy atom. The van der Waals surface area contributed by atoms with E-state index >= 15 is 0 Å². The van der Waals surface area contributed by atoms with Crippen molar-refractivity contribution in [3.8, 4) is 0 Å². The minimum absolute atomic E-state index is 0.0614. The number of ether oxygens (including phenoxy) is 1. The maximum absolute atomic E-state index is 12.5. The van der Waals surface area contributed by atoms with Gasteiger partial charge in [0.2, 0.25) is 10.0 Å². The van der Waals surface area contributed by atoms with Gasteiger partial charge in [0.1, 0.15) is 4.90 Å². The molecule has 128 valence electrons. The zero-order chi connectivity index (χ0) is 17.9. The highest BCUT2D eigenvalue weighted by molar-refractivity contribution is 7.89. The Labute approximate surface area is 150 Å². The lowest BCUT2D eigenvalue weighted by Gasteiger charge is -2.15. The van der Waals surface area contributed by atoms with Crippen LogP contribution in [0.4, 0.5) is 0 Å². The molecular formula is C16H15Cl2NO4S. The number of rotatable bonds is 5. The third-order valence-corrected chi connectivity index (χ3v) is 5.62. The highest BCUT2D eigenvalue weighted by atomic mass is 35.5. The zero-order valence-corrected chi connectivity index (χ0v) is 15.2. The predicted octanol–water partition coefficient (Wildman–Crippen LogP) is 3.82. The minimum atomic E-state index is -3.86. The molecule has 0 fully saturated rings. The van der Waals surface area contributed by atoms with E-state index < -0.39 is 22.0 Å². The van der Waals surface area contributed by atoms with Crippen LogP contribution in [0.5, 0.6) is 0 Å². The van der Waals surface area contributed by atoms with E-state index in [4.69, 9.17) is 23.2 Å². The summed E-state index contributed by atoms with van der Waals surface area (Å²) in [6.07, 6.45) is 0. The lowest BCUT2D eigenvalue weighted by Crippen LogP contribution is -2.27. The molecule has 0 aromatic heterocycles. The number of benzene rings is 2. The molecule has 0 spiro atoms. The first kappa shape index (κ1) is 18.7. The monoisotopic (exact) mass is 387 g/mol. The zero-order valence-electron chi connectivity index (χ0n) is 12.9. The van der Waals surface area contributed by atoms with Crippen molar-refractivity contribution in [1.82, 2.24) is 4.72 Å². The van der Waals surface area contributed by atoms with Crippen molar-refractivity contribution in [3.05, 3.63) is 63.6 Å². The minimum Gasteiger partial charge on any atom is -0.465 e. The van der Waals surface area contributed by atoms with Crippen molar-refractivity contribution in [3.63, 3.8) is 0 Å². The van der Waals surface area contributed by atoms with Crippen LogP contribution in [0.25, 0.3) is 0 Å². The molecule has 1 unspecified atom stereocenters. The summed E-state index contributed by atoms with van der Waals surface area (Å²) in [6.45, 7) is 1.71. The normalized spacial score (nSPS) is 12.7. The first-order valence-corrected chi connectivity index (χ1v) is 9.14. The number of carbonyl (C=O) groups is 1. The van der Waals surface area contributed by atoms with Crippen LogP contribution >= 0.6 is 23.2 Å². The van der Waals surface area contributed by atoms with Crippen LogP contribution in [-0.2, 0) is 14.8 Å². The predicted molar refractivity (Wildman–Crippen MR) is 93.0 cm³/mol. The van der Waals surface area contributed by atoms with E-state index in [9.17, 15) is 13.2 Å². The molecule has 0 aliphatic heterocycles. The maximum atomic E-state index is 12.5. The van der Waals surface area contributed by atoms with Crippen molar-refractivity contribution in [1.29, 1.82) is 0 Å². The van der Waals surface area contributed by atoms with Gasteiger partial charge in [0.05, 0.1) is 17.7 Å². The third kappa shape index (κ3) is 4.27. The number of hydrogen-bond acceptors (Lipinski definition) is 4. The van der Waals surface area contributed by atoms with E-state index in [0.29, 0.717) is 5.02 Å². The second-order valence-corrected chi connectivity index (χ2v) is 7.56. The van der Waals surface area contributed by atoms with Gasteiger partial charge in [-0.1, -0.05) is 35.3 Å². The second-order valence-electron chi connectivity index (χ2n) is 5.03. The van der Waals surface area contributed by atoms with Gasteiger partial charge in [0, 0.05) is 11.1 Å². The maximum Gasteiger partial charge on any atom is 0.337 e. The Balaban J connectivity index is 2.27. The molecule has 24 heavy (non-hydrogen) atoms. The van der Waals surface area contributed by atoms with Crippen molar-refractivity contribution in [2.24, 2.45) is 0 Å². The lowest BCUT2D eigenvalue weighted by atomic mass is 10.1. The molecule has 0 radical (unpaired) electrons. The summed E-state index contributed by atoms with van der Waals surface area (Å²) >= 11 is 11.8. The molecule has 0 heterocycles. The van der Waals surface area contributed by atoms with E-state index in [1.807, 2.05) is 0 Å². The molecule has 2 rings (SSSR count). The van der Waals surface area contributed by atoms with Gasteiger partial charge in [-0.2, -0.15) is 0 Å². The standard InChI is InChI=1S/C16H15Cl2NO4S/c1-10(11-3-6-13(17)7-4-11)19-24(21,22)15-8-5-12(9-14(15)18)16(20)23-2/h3-10,19H,1-2H3. The Morgan fingerprint density at radius 1 is 1.12 bits per heavy atom. The number of sulfonamides is 1. The van der Waals surface area contributed by atoms with Gasteiger partial charge in [-0.25, -0.2) is 17.9 Å². The van der Waals surface area contributed by atoms with E-state index in [1.54, 1.807) is 31.2 Å². The molecule has 1 atom stereocenters. The average molecular weight is 388 g/mol. The van der Waals surface area contributed by atoms with Crippen LogP contribution < -0.4 is 4.72 Å². The van der Waals surface area contributed by atoms with E-state index in [1.165, 1.54) is 25.3 Å². The highest BCUT2D eigenvalue weighted by Crippen LogP contribution is 2.25. The first-order valence-electron chi connectivity index (χ1n) is 6.90. The summed E-state index contributed by atoms with van der Waals surface area (Å²) in [6, 6.07) is 10.2. The van der Waals surface area contributed by atoms with Crippen molar-refractivity contribution < 1.29 is 17.9 Å². The fraction of sp³-hybridized carbons (Fsp3) is 0.188. The van der Waals surface area contributed by atoms with Crippen LogP contribution in [0.15, 0.2) is 47.4 Å². The summed E-state index contributed by atoms with van der Waals surface area (Å²) < 4.78 is 32.1. The molecule has 2 aromatic rings. The number of methoxy groups -OCH3 is 1. The number of halogens is 2. The highest BCUT2D eigenvalue weighted by Gasteiger charge is 2.22. The molecule has 0 saturated heterocycles. The van der Waals surface area contributed by atoms with E-state index in [0.717, 1.165) is 5.56 Å². The van der Waals surface area contributed by atoms with Crippen LogP contribution in [0.1, 0.15) is 28.9 Å².